The Labute approximate surface area is 124 Å². The lowest BCUT2D eigenvalue weighted by molar-refractivity contribution is 0.0934. The third-order valence-electron chi connectivity index (χ3n) is 2.70. The summed E-state index contributed by atoms with van der Waals surface area (Å²) in [7, 11) is -7.12. The fraction of sp³-hybridized carbons (Fsp3) is 0.545. The van der Waals surface area contributed by atoms with E-state index < -0.39 is 31.8 Å². The number of aromatic nitrogens is 1. The van der Waals surface area contributed by atoms with Crippen molar-refractivity contribution < 1.29 is 21.6 Å². The average Bonchev–Trinajstić information content (AvgIpc) is 2.69. The molecule has 0 aliphatic rings. The van der Waals surface area contributed by atoms with Crippen molar-refractivity contribution in [2.24, 2.45) is 5.14 Å². The Morgan fingerprint density at radius 1 is 1.38 bits per heavy atom. The van der Waals surface area contributed by atoms with Crippen LogP contribution in [0.2, 0.25) is 0 Å². The van der Waals surface area contributed by atoms with Gasteiger partial charge in [-0.15, -0.1) is 0 Å². The van der Waals surface area contributed by atoms with Crippen molar-refractivity contribution in [2.45, 2.75) is 31.3 Å². The molecular formula is C11H19N3O5S2. The number of carbonyl (C=O) groups excluding carboxylic acids is 1. The second-order valence-electron chi connectivity index (χ2n) is 4.86. The van der Waals surface area contributed by atoms with Gasteiger partial charge < -0.3 is 9.88 Å². The van der Waals surface area contributed by atoms with Gasteiger partial charge in [0.25, 0.3) is 5.91 Å². The minimum atomic E-state index is -3.90. The summed E-state index contributed by atoms with van der Waals surface area (Å²) in [6, 6.07) is 0.576. The van der Waals surface area contributed by atoms with Crippen molar-refractivity contribution in [3.05, 3.63) is 18.0 Å². The number of sulfone groups is 1. The molecular weight excluding hydrogens is 318 g/mol. The van der Waals surface area contributed by atoms with Gasteiger partial charge in [-0.3, -0.25) is 4.79 Å². The van der Waals surface area contributed by atoms with Gasteiger partial charge in [-0.25, -0.2) is 22.0 Å². The molecule has 1 unspecified atom stereocenters. The van der Waals surface area contributed by atoms with Crippen LogP contribution in [0.3, 0.4) is 0 Å². The lowest BCUT2D eigenvalue weighted by Gasteiger charge is -2.13. The zero-order chi connectivity index (χ0) is 16.4. The summed E-state index contributed by atoms with van der Waals surface area (Å²) in [5.41, 5.74) is 0.113. The van der Waals surface area contributed by atoms with E-state index in [1.54, 1.807) is 13.8 Å². The highest BCUT2D eigenvalue weighted by atomic mass is 32.2. The van der Waals surface area contributed by atoms with Gasteiger partial charge in [-0.1, -0.05) is 0 Å². The predicted molar refractivity (Wildman–Crippen MR) is 78.1 cm³/mol. The van der Waals surface area contributed by atoms with Gasteiger partial charge in [0, 0.05) is 25.0 Å². The second kappa shape index (κ2) is 6.16. The van der Waals surface area contributed by atoms with Crippen LogP contribution in [0.4, 0.5) is 0 Å². The molecule has 0 spiro atoms. The van der Waals surface area contributed by atoms with E-state index in [4.69, 9.17) is 5.14 Å². The number of sulfonamides is 1. The van der Waals surface area contributed by atoms with Crippen LogP contribution in [-0.4, -0.2) is 45.4 Å². The molecule has 120 valence electrons. The summed E-state index contributed by atoms with van der Waals surface area (Å²) in [4.78, 5) is 11.9. The Morgan fingerprint density at radius 3 is 2.38 bits per heavy atom. The topological polar surface area (TPSA) is 128 Å². The largest absolute Gasteiger partial charge is 0.347 e. The lowest BCUT2D eigenvalue weighted by atomic mass is 10.3. The second-order valence-corrected chi connectivity index (χ2v) is 8.61. The molecule has 0 radical (unpaired) electrons. The smallest absolute Gasteiger partial charge is 0.268 e. The standard InChI is InChI=1S/C11H19N3O5S2/c1-4-14-6-9(21(12,18)19)5-10(14)11(15)13-8(2)7-20(3,16)17/h5-6,8H,4,7H2,1-3H3,(H,13,15)(H2,12,18,19). The third kappa shape index (κ3) is 5.14. The van der Waals surface area contributed by atoms with Gasteiger partial charge in [-0.05, 0) is 19.9 Å². The molecule has 0 fully saturated rings. The maximum atomic E-state index is 12.1. The normalized spacial score (nSPS) is 13.9. The lowest BCUT2D eigenvalue weighted by Crippen LogP contribution is -2.38. The van der Waals surface area contributed by atoms with Crippen LogP contribution >= 0.6 is 0 Å². The molecule has 8 nitrogen and oxygen atoms in total. The fourth-order valence-electron chi connectivity index (χ4n) is 1.88. The minimum Gasteiger partial charge on any atom is -0.347 e. The molecule has 0 saturated heterocycles. The third-order valence-corrected chi connectivity index (χ3v) is 4.69. The molecule has 1 rings (SSSR count). The van der Waals surface area contributed by atoms with Crippen LogP contribution in [0.25, 0.3) is 0 Å². The monoisotopic (exact) mass is 337 g/mol. The number of rotatable bonds is 6. The Balaban J connectivity index is 3.00. The molecule has 21 heavy (non-hydrogen) atoms. The first-order valence-corrected chi connectivity index (χ1v) is 9.76. The number of amides is 1. The van der Waals surface area contributed by atoms with Crippen LogP contribution in [0.1, 0.15) is 24.3 Å². The van der Waals surface area contributed by atoms with E-state index in [0.29, 0.717) is 6.54 Å². The summed E-state index contributed by atoms with van der Waals surface area (Å²) < 4.78 is 46.4. The molecule has 3 N–H and O–H groups in total. The van der Waals surface area contributed by atoms with Gasteiger partial charge in [0.15, 0.2) is 0 Å². The molecule has 0 saturated carbocycles. The number of nitrogens with one attached hydrogen (secondary N) is 1. The first-order chi connectivity index (χ1) is 9.44. The number of carbonyl (C=O) groups is 1. The maximum Gasteiger partial charge on any atom is 0.268 e. The number of nitrogens with two attached hydrogens (primary N) is 1. The van der Waals surface area contributed by atoms with E-state index in [9.17, 15) is 21.6 Å². The Kier molecular flexibility index (Phi) is 5.18. The van der Waals surface area contributed by atoms with Crippen LogP contribution in [0.5, 0.6) is 0 Å². The van der Waals surface area contributed by atoms with Crippen molar-refractivity contribution in [2.75, 3.05) is 12.0 Å². The van der Waals surface area contributed by atoms with E-state index in [0.717, 1.165) is 6.26 Å². The fourth-order valence-corrected chi connectivity index (χ4v) is 3.43. The van der Waals surface area contributed by atoms with E-state index in [-0.39, 0.29) is 16.3 Å². The number of primary sulfonamides is 1. The van der Waals surface area contributed by atoms with Gasteiger partial charge >= 0.3 is 0 Å². The van der Waals surface area contributed by atoms with Crippen molar-refractivity contribution in [3.63, 3.8) is 0 Å². The molecule has 0 aliphatic heterocycles. The highest BCUT2D eigenvalue weighted by molar-refractivity contribution is 7.90. The van der Waals surface area contributed by atoms with Crippen molar-refractivity contribution in [1.29, 1.82) is 0 Å². The van der Waals surface area contributed by atoms with E-state index in [1.165, 1.54) is 16.8 Å². The average molecular weight is 337 g/mol. The number of hydrogen-bond donors (Lipinski definition) is 2. The van der Waals surface area contributed by atoms with Gasteiger partial charge in [0.05, 0.1) is 5.75 Å². The Morgan fingerprint density at radius 2 is 1.95 bits per heavy atom. The Bertz CT molecular complexity index is 734. The Hall–Kier alpha value is -1.39. The zero-order valence-corrected chi connectivity index (χ0v) is 13.7. The molecule has 1 heterocycles. The van der Waals surface area contributed by atoms with E-state index >= 15 is 0 Å². The molecule has 1 aromatic rings. The highest BCUT2D eigenvalue weighted by Gasteiger charge is 2.20. The van der Waals surface area contributed by atoms with Gasteiger partial charge in [0.1, 0.15) is 20.4 Å². The number of aryl methyl sites for hydroxylation is 1. The molecule has 1 aromatic heterocycles. The van der Waals surface area contributed by atoms with Crippen LogP contribution in [-0.2, 0) is 26.4 Å². The van der Waals surface area contributed by atoms with Gasteiger partial charge in [-0.2, -0.15) is 0 Å². The first-order valence-electron chi connectivity index (χ1n) is 6.15. The molecule has 1 atom stereocenters. The summed E-state index contributed by atoms with van der Waals surface area (Å²) in [5, 5.41) is 7.54. The summed E-state index contributed by atoms with van der Waals surface area (Å²) >= 11 is 0. The summed E-state index contributed by atoms with van der Waals surface area (Å²) in [5.74, 6) is -0.754. The number of nitrogens with zero attached hydrogens (tertiary/aromatic N) is 1. The van der Waals surface area contributed by atoms with Crippen LogP contribution in [0.15, 0.2) is 17.2 Å². The van der Waals surface area contributed by atoms with Crippen LogP contribution in [0, 0.1) is 0 Å². The molecule has 10 heteroatoms. The molecule has 0 bridgehead atoms. The van der Waals surface area contributed by atoms with Gasteiger partial charge in [0.2, 0.25) is 10.0 Å². The van der Waals surface area contributed by atoms with Crippen molar-refractivity contribution >= 4 is 25.8 Å². The summed E-state index contributed by atoms with van der Waals surface area (Å²) in [6.07, 6.45) is 2.34. The maximum absolute atomic E-state index is 12.1. The van der Waals surface area contributed by atoms with E-state index in [2.05, 4.69) is 5.32 Å². The zero-order valence-electron chi connectivity index (χ0n) is 12.0. The SMILES string of the molecule is CCn1cc(S(N)(=O)=O)cc1C(=O)NC(C)CS(C)(=O)=O. The molecule has 0 aliphatic carbocycles. The van der Waals surface area contributed by atoms with Crippen molar-refractivity contribution in [1.82, 2.24) is 9.88 Å². The predicted octanol–water partition coefficient (Wildman–Crippen LogP) is -0.682. The number of hydrogen-bond acceptors (Lipinski definition) is 5. The first kappa shape index (κ1) is 17.7. The quantitative estimate of drug-likeness (QED) is 0.710. The van der Waals surface area contributed by atoms with Crippen LogP contribution < -0.4 is 10.5 Å². The minimum absolute atomic E-state index is 0.113. The van der Waals surface area contributed by atoms with Crippen molar-refractivity contribution in [3.8, 4) is 0 Å². The molecule has 0 aromatic carbocycles. The molecule has 1 amide bonds. The summed E-state index contributed by atoms with van der Waals surface area (Å²) in [6.45, 7) is 3.67. The van der Waals surface area contributed by atoms with E-state index in [1.807, 2.05) is 0 Å². The highest BCUT2D eigenvalue weighted by Crippen LogP contribution is 2.13.